The van der Waals surface area contributed by atoms with Crippen LogP contribution in [0.3, 0.4) is 0 Å². The second kappa shape index (κ2) is 22.7. The number of rotatable bonds is 17. The Morgan fingerprint density at radius 1 is 0.556 bits per heavy atom. The largest absolute Gasteiger partial charge is 0.508 e. The fraction of sp³-hybridized carbons (Fsp3) is 0.122. The maximum atomic E-state index is 12.8. The molecule has 0 aliphatic rings. The molecule has 0 radical (unpaired) electrons. The molecule has 6 aromatic rings. The number of ether oxygens (including phenoxy) is 6. The van der Waals surface area contributed by atoms with Crippen LogP contribution in [-0.2, 0) is 11.5 Å². The van der Waals surface area contributed by atoms with E-state index in [0.29, 0.717) is 46.7 Å². The van der Waals surface area contributed by atoms with Crippen molar-refractivity contribution >= 4 is 17.9 Å². The lowest BCUT2D eigenvalue weighted by atomic mass is 9.96. The van der Waals surface area contributed by atoms with Crippen molar-refractivity contribution in [3.63, 3.8) is 0 Å². The number of hydrogen-bond acceptors (Lipinski definition) is 12. The molecule has 0 heterocycles. The van der Waals surface area contributed by atoms with Gasteiger partial charge in [0.1, 0.15) is 53.0 Å². The van der Waals surface area contributed by atoms with Gasteiger partial charge in [0.05, 0.1) is 29.9 Å². The summed E-state index contributed by atoms with van der Waals surface area (Å²) in [6.45, 7) is 4.31. The van der Waals surface area contributed by atoms with E-state index in [1.165, 1.54) is 48.5 Å². The first-order valence-corrected chi connectivity index (χ1v) is 18.9. The molecule has 0 aliphatic heterocycles. The zero-order valence-electron chi connectivity index (χ0n) is 33.9. The van der Waals surface area contributed by atoms with Gasteiger partial charge in [0.2, 0.25) is 0 Å². The highest BCUT2D eigenvalue weighted by Crippen LogP contribution is 2.26. The Hall–Kier alpha value is -8.59. The molecule has 0 unspecified atom stereocenters. The number of carboxylic acids is 2. The number of aromatic carboxylic acids is 2. The number of carboxylic acid groups (broad SMARTS) is 2. The first-order chi connectivity index (χ1) is 30.4. The van der Waals surface area contributed by atoms with E-state index in [4.69, 9.17) is 49.7 Å². The molecule has 0 saturated heterocycles. The minimum absolute atomic E-state index is 0.0100. The van der Waals surface area contributed by atoms with Gasteiger partial charge in [-0.3, -0.25) is 0 Å². The van der Waals surface area contributed by atoms with Crippen LogP contribution in [0.1, 0.15) is 50.5 Å². The number of benzene rings is 6. The Morgan fingerprint density at radius 2 is 1.05 bits per heavy atom. The number of terminal acetylenes is 1. The molecule has 0 saturated carbocycles. The third-order valence-electron chi connectivity index (χ3n) is 8.29. The topological polar surface area (TPSA) is 186 Å². The number of esters is 1. The van der Waals surface area contributed by atoms with E-state index in [1.54, 1.807) is 84.9 Å². The number of para-hydroxylation sites is 2. The van der Waals surface area contributed by atoms with Gasteiger partial charge in [-0.25, -0.2) is 14.4 Å². The maximum Gasteiger partial charge on any atom is 0.344 e. The summed E-state index contributed by atoms with van der Waals surface area (Å²) in [7, 11) is 0. The summed E-state index contributed by atoms with van der Waals surface area (Å²) in [5, 5.41) is 27.7. The van der Waals surface area contributed by atoms with Crippen molar-refractivity contribution in [1.82, 2.24) is 0 Å². The van der Waals surface area contributed by atoms with E-state index in [9.17, 15) is 24.6 Å². The van der Waals surface area contributed by atoms with Gasteiger partial charge in [-0.15, -0.1) is 0 Å². The van der Waals surface area contributed by atoms with E-state index in [2.05, 4.69) is 12.2 Å². The monoisotopic (exact) mass is 852 g/mol. The molecule has 14 nitrogen and oxygen atoms in total. The molecule has 63 heavy (non-hydrogen) atoms. The first kappa shape index (κ1) is 45.5. The van der Waals surface area contributed by atoms with Crippen LogP contribution in [0.15, 0.2) is 146 Å². The van der Waals surface area contributed by atoms with Crippen LogP contribution >= 0.6 is 0 Å². The summed E-state index contributed by atoms with van der Waals surface area (Å²) in [6.07, 6.45) is 12.0. The van der Waals surface area contributed by atoms with Gasteiger partial charge in [-0.05, 0) is 109 Å². The van der Waals surface area contributed by atoms with E-state index in [0.717, 1.165) is 0 Å². The smallest absolute Gasteiger partial charge is 0.344 e. The number of phenols is 1. The molecular formula is C49H40O14. The van der Waals surface area contributed by atoms with Crippen LogP contribution in [0.4, 0.5) is 0 Å². The Balaban J connectivity index is 0.000000971. The van der Waals surface area contributed by atoms with Crippen LogP contribution < -0.4 is 33.3 Å². The van der Waals surface area contributed by atoms with Crippen LogP contribution in [-0.4, -0.2) is 46.4 Å². The van der Waals surface area contributed by atoms with Crippen LogP contribution in [0.5, 0.6) is 46.0 Å². The average Bonchev–Trinajstić information content (AvgIpc) is 3.28. The number of phenolic OH excluding ortho intramolecular Hbond substituents is 1. The predicted octanol–water partition coefficient (Wildman–Crippen LogP) is 9.03. The quantitative estimate of drug-likeness (QED) is 0.0259. The van der Waals surface area contributed by atoms with Crippen LogP contribution in [0.2, 0.25) is 0 Å². The average molecular weight is 853 g/mol. The third-order valence-corrected chi connectivity index (χ3v) is 8.29. The molecule has 0 bridgehead atoms. The van der Waals surface area contributed by atoms with Gasteiger partial charge >= 0.3 is 17.9 Å². The third kappa shape index (κ3) is 14.9. The lowest BCUT2D eigenvalue weighted by Gasteiger charge is -2.25. The molecule has 0 amide bonds. The number of carbonyl (C=O) groups excluding carboxylic acids is 1. The van der Waals surface area contributed by atoms with Crippen molar-refractivity contribution in [1.29, 1.82) is 0 Å². The normalized spacial score (nSPS) is 10.2. The summed E-state index contributed by atoms with van der Waals surface area (Å²) in [6, 6.07) is 38.7. The fourth-order valence-electron chi connectivity index (χ4n) is 5.17. The standard InChI is InChI=1S/C43H34O13.C6H6O/c1-4-49-36-19-21-38(41(46)47)39(25-36)42(48)55-33-14-10-31(11-15-33)52-27-43(2,3)28-53-32-12-16-34(17-13-32)56-54-26-29-24-35(18-20-37(29)40(44)45)51-23-22-50-30-8-6-5-7-9-30;7-6-4-2-1-3-5-6/h1,5-21,24-25H,26-28H2,2-3H3,(H,44,45)(H,46,47);1-5,7H. The molecule has 320 valence electrons. The van der Waals surface area contributed by atoms with Crippen LogP contribution in [0.25, 0.3) is 0 Å². The molecule has 0 spiro atoms. The molecule has 0 atom stereocenters. The number of hydrogen-bond donors (Lipinski definition) is 3. The second-order valence-electron chi connectivity index (χ2n) is 13.8. The Kier molecular flexibility index (Phi) is 16.4. The summed E-state index contributed by atoms with van der Waals surface area (Å²) < 4.78 is 32.9. The summed E-state index contributed by atoms with van der Waals surface area (Å²) in [4.78, 5) is 46.9. The molecule has 6 aromatic carbocycles. The van der Waals surface area contributed by atoms with Crippen molar-refractivity contribution in [2.24, 2.45) is 5.41 Å². The van der Waals surface area contributed by atoms with Crippen molar-refractivity contribution in [2.75, 3.05) is 13.2 Å². The van der Waals surface area contributed by atoms with Crippen molar-refractivity contribution < 1.29 is 67.9 Å². The summed E-state index contributed by atoms with van der Waals surface area (Å²) in [5.41, 5.74) is -0.604. The SMILES string of the molecule is C#COc1ccc(C(=O)O)c(C(=O)Oc2ccc(OCC(C)(C)COc3ccc(OOCc4cc(OC#COc5ccccc5)ccc4C(=O)O)cc3)cc2)c1.Oc1ccccc1. The van der Waals surface area contributed by atoms with Crippen molar-refractivity contribution in [3.8, 4) is 70.7 Å². The van der Waals surface area contributed by atoms with Gasteiger partial charge in [-0.2, -0.15) is 4.89 Å². The van der Waals surface area contributed by atoms with Gasteiger partial charge in [0, 0.05) is 11.0 Å². The molecule has 6 rings (SSSR count). The van der Waals surface area contributed by atoms with E-state index < -0.39 is 23.3 Å². The Bertz CT molecular complexity index is 2550. The summed E-state index contributed by atoms with van der Waals surface area (Å²) in [5.74, 6) is -0.474. The van der Waals surface area contributed by atoms with E-state index >= 15 is 0 Å². The maximum absolute atomic E-state index is 12.8. The summed E-state index contributed by atoms with van der Waals surface area (Å²) >= 11 is 0. The number of carbonyl (C=O) groups is 3. The zero-order valence-corrected chi connectivity index (χ0v) is 33.9. The van der Waals surface area contributed by atoms with E-state index in [-0.39, 0.29) is 41.4 Å². The van der Waals surface area contributed by atoms with E-state index in [1.807, 2.05) is 32.1 Å². The lowest BCUT2D eigenvalue weighted by molar-refractivity contribution is -0.217. The minimum Gasteiger partial charge on any atom is -0.508 e. The molecule has 3 N–H and O–H groups in total. The molecule has 0 aliphatic carbocycles. The van der Waals surface area contributed by atoms with Crippen molar-refractivity contribution in [3.05, 3.63) is 168 Å². The Labute approximate surface area is 362 Å². The fourth-order valence-corrected chi connectivity index (χ4v) is 5.17. The van der Waals surface area contributed by atoms with Gasteiger partial charge in [-0.1, -0.05) is 56.7 Å². The van der Waals surface area contributed by atoms with Crippen LogP contribution in [0, 0.1) is 30.2 Å². The second-order valence-corrected chi connectivity index (χ2v) is 13.8. The highest BCUT2D eigenvalue weighted by atomic mass is 17.2. The number of aromatic hydroxyl groups is 1. The predicted molar refractivity (Wildman–Crippen MR) is 228 cm³/mol. The molecule has 0 fully saturated rings. The van der Waals surface area contributed by atoms with Gasteiger partial charge in [0.15, 0.2) is 18.0 Å². The highest BCUT2D eigenvalue weighted by Gasteiger charge is 2.22. The molecule has 0 aromatic heterocycles. The van der Waals surface area contributed by atoms with Gasteiger partial charge < -0.3 is 48.6 Å². The highest BCUT2D eigenvalue weighted by molar-refractivity contribution is 6.03. The zero-order chi connectivity index (χ0) is 45.0. The minimum atomic E-state index is -1.31. The Morgan fingerprint density at radius 3 is 1.59 bits per heavy atom. The lowest BCUT2D eigenvalue weighted by Crippen LogP contribution is -2.28. The molecule has 14 heteroatoms. The van der Waals surface area contributed by atoms with Crippen molar-refractivity contribution in [2.45, 2.75) is 20.5 Å². The first-order valence-electron chi connectivity index (χ1n) is 18.9. The van der Waals surface area contributed by atoms with Gasteiger partial charge in [0.25, 0.3) is 0 Å². The molecular weight excluding hydrogens is 813 g/mol.